The Bertz CT molecular complexity index is 306. The van der Waals surface area contributed by atoms with E-state index in [0.717, 1.165) is 12.2 Å². The molecule has 0 aliphatic heterocycles. The van der Waals surface area contributed by atoms with Crippen molar-refractivity contribution < 1.29 is 0 Å². The fourth-order valence-electron chi connectivity index (χ4n) is 1.22. The van der Waals surface area contributed by atoms with E-state index >= 15 is 0 Å². The Morgan fingerprint density at radius 1 is 1.14 bits per heavy atom. The molecule has 0 radical (unpaired) electrons. The molecule has 1 heterocycles. The molecule has 1 aromatic heterocycles. The molecule has 0 unspecified atom stereocenters. The van der Waals surface area contributed by atoms with Crippen molar-refractivity contribution in [1.29, 1.82) is 0 Å². The Labute approximate surface area is 85.7 Å². The summed E-state index contributed by atoms with van der Waals surface area (Å²) in [4.78, 5) is 0. The molecule has 0 N–H and O–H groups in total. The summed E-state index contributed by atoms with van der Waals surface area (Å²) in [5, 5.41) is 12.0. The predicted octanol–water partition coefficient (Wildman–Crippen LogP) is 2.12. The number of hydrogen-bond acceptors (Lipinski definition) is 3. The Balaban J connectivity index is 3.18. The zero-order chi connectivity index (χ0) is 11.0. The van der Waals surface area contributed by atoms with Crippen molar-refractivity contribution in [3.63, 3.8) is 0 Å². The minimum atomic E-state index is -0.0503. The summed E-state index contributed by atoms with van der Waals surface area (Å²) in [6.07, 6.45) is 1.03. The molecule has 1 aromatic rings. The lowest BCUT2D eigenvalue weighted by atomic mass is 9.88. The van der Waals surface area contributed by atoms with Crippen molar-refractivity contribution in [3.05, 3.63) is 5.82 Å². The second-order valence-corrected chi connectivity index (χ2v) is 5.32. The van der Waals surface area contributed by atoms with E-state index in [1.165, 1.54) is 0 Å². The Hall–Kier alpha value is -0.930. The summed E-state index contributed by atoms with van der Waals surface area (Å²) < 4.78 is 1.91. The smallest absolute Gasteiger partial charge is 0.157 e. The van der Waals surface area contributed by atoms with Crippen molar-refractivity contribution in [2.24, 2.45) is 0 Å². The van der Waals surface area contributed by atoms with Gasteiger partial charge in [0.1, 0.15) is 0 Å². The van der Waals surface area contributed by atoms with Crippen molar-refractivity contribution in [1.82, 2.24) is 20.2 Å². The zero-order valence-electron chi connectivity index (χ0n) is 10.00. The van der Waals surface area contributed by atoms with E-state index in [2.05, 4.69) is 57.1 Å². The van der Waals surface area contributed by atoms with Crippen LogP contribution in [0.1, 0.15) is 53.8 Å². The van der Waals surface area contributed by atoms with Crippen molar-refractivity contribution in [2.45, 2.75) is 58.9 Å². The van der Waals surface area contributed by atoms with Gasteiger partial charge < -0.3 is 0 Å². The van der Waals surface area contributed by atoms with Gasteiger partial charge in [0.2, 0.25) is 0 Å². The lowest BCUT2D eigenvalue weighted by Gasteiger charge is -2.27. The maximum absolute atomic E-state index is 4.13. The van der Waals surface area contributed by atoms with Gasteiger partial charge >= 0.3 is 0 Å². The number of hydrogen-bond donors (Lipinski definition) is 0. The van der Waals surface area contributed by atoms with Crippen LogP contribution < -0.4 is 0 Å². The predicted molar refractivity (Wildman–Crippen MR) is 56.1 cm³/mol. The molecular formula is C10H20N4. The van der Waals surface area contributed by atoms with Gasteiger partial charge in [-0.1, -0.05) is 20.8 Å². The number of aromatic nitrogens is 4. The second kappa shape index (κ2) is 3.33. The lowest BCUT2D eigenvalue weighted by molar-refractivity contribution is 0.305. The van der Waals surface area contributed by atoms with E-state index in [-0.39, 0.29) is 11.0 Å². The third-order valence-electron chi connectivity index (χ3n) is 2.59. The Kier molecular flexibility index (Phi) is 2.65. The van der Waals surface area contributed by atoms with Crippen LogP contribution >= 0.6 is 0 Å². The fraction of sp³-hybridized carbons (Fsp3) is 0.900. The molecule has 0 saturated carbocycles. The summed E-state index contributed by atoms with van der Waals surface area (Å²) in [5.74, 6) is 0.965. The molecule has 0 fully saturated rings. The first-order valence-corrected chi connectivity index (χ1v) is 5.08. The molecule has 0 aliphatic carbocycles. The average molecular weight is 196 g/mol. The second-order valence-electron chi connectivity index (χ2n) is 5.32. The van der Waals surface area contributed by atoms with Gasteiger partial charge in [0.25, 0.3) is 0 Å². The zero-order valence-corrected chi connectivity index (χ0v) is 10.00. The molecule has 4 heteroatoms. The SMILES string of the molecule is CCC(C)(C)c1nnnn1C(C)(C)C. The van der Waals surface area contributed by atoms with Crippen LogP contribution in [0.5, 0.6) is 0 Å². The molecule has 14 heavy (non-hydrogen) atoms. The molecule has 4 nitrogen and oxygen atoms in total. The summed E-state index contributed by atoms with van der Waals surface area (Å²) in [6.45, 7) is 12.8. The van der Waals surface area contributed by atoms with Gasteiger partial charge in [-0.05, 0) is 37.6 Å². The molecule has 0 spiro atoms. The highest BCUT2D eigenvalue weighted by Crippen LogP contribution is 2.27. The molecule has 0 saturated heterocycles. The molecule has 1 rings (SSSR count). The van der Waals surface area contributed by atoms with Crippen molar-refractivity contribution in [2.75, 3.05) is 0 Å². The van der Waals surface area contributed by atoms with Crippen LogP contribution in [0, 0.1) is 0 Å². The van der Waals surface area contributed by atoms with E-state index in [1.807, 2.05) is 4.68 Å². The van der Waals surface area contributed by atoms with Crippen LogP contribution in [0.4, 0.5) is 0 Å². The Morgan fingerprint density at radius 3 is 2.14 bits per heavy atom. The highest BCUT2D eigenvalue weighted by molar-refractivity contribution is 5.03. The van der Waals surface area contributed by atoms with Crippen LogP contribution in [-0.4, -0.2) is 20.2 Å². The highest BCUT2D eigenvalue weighted by atomic mass is 15.6. The standard InChI is InChI=1S/C10H20N4/c1-7-10(5,6)8-11-12-13-14(8)9(2,3)4/h7H2,1-6H3. The summed E-state index contributed by atoms with van der Waals surface area (Å²) >= 11 is 0. The lowest BCUT2D eigenvalue weighted by Crippen LogP contribution is -2.31. The van der Waals surface area contributed by atoms with E-state index < -0.39 is 0 Å². The largest absolute Gasteiger partial charge is 0.224 e. The first kappa shape index (κ1) is 11.1. The third-order valence-corrected chi connectivity index (χ3v) is 2.59. The quantitative estimate of drug-likeness (QED) is 0.727. The molecular weight excluding hydrogens is 176 g/mol. The summed E-state index contributed by atoms with van der Waals surface area (Å²) in [5.41, 5.74) is -0.0119. The average Bonchev–Trinajstić information content (AvgIpc) is 2.51. The first-order valence-electron chi connectivity index (χ1n) is 5.08. The fourth-order valence-corrected chi connectivity index (χ4v) is 1.22. The van der Waals surface area contributed by atoms with Crippen LogP contribution in [-0.2, 0) is 11.0 Å². The van der Waals surface area contributed by atoms with Gasteiger partial charge in [0.15, 0.2) is 5.82 Å². The molecule has 0 bridgehead atoms. The Morgan fingerprint density at radius 2 is 1.71 bits per heavy atom. The molecule has 0 atom stereocenters. The van der Waals surface area contributed by atoms with Gasteiger partial charge in [-0.15, -0.1) is 5.10 Å². The van der Waals surface area contributed by atoms with Gasteiger partial charge in [0.05, 0.1) is 5.54 Å². The molecule has 0 aromatic carbocycles. The highest BCUT2D eigenvalue weighted by Gasteiger charge is 2.29. The third kappa shape index (κ3) is 1.94. The maximum atomic E-state index is 4.13. The van der Waals surface area contributed by atoms with Gasteiger partial charge in [-0.2, -0.15) is 0 Å². The maximum Gasteiger partial charge on any atom is 0.157 e. The van der Waals surface area contributed by atoms with E-state index in [0.29, 0.717) is 0 Å². The monoisotopic (exact) mass is 196 g/mol. The van der Waals surface area contributed by atoms with Crippen molar-refractivity contribution >= 4 is 0 Å². The first-order chi connectivity index (χ1) is 6.29. The topological polar surface area (TPSA) is 43.6 Å². The normalized spacial score (nSPS) is 13.3. The van der Waals surface area contributed by atoms with Crippen LogP contribution in [0.25, 0.3) is 0 Å². The van der Waals surface area contributed by atoms with Crippen LogP contribution in [0.3, 0.4) is 0 Å². The minimum absolute atomic E-state index is 0.0385. The molecule has 0 amide bonds. The van der Waals surface area contributed by atoms with Gasteiger partial charge in [-0.25, -0.2) is 4.68 Å². The van der Waals surface area contributed by atoms with Gasteiger partial charge in [-0.3, -0.25) is 0 Å². The van der Waals surface area contributed by atoms with E-state index in [9.17, 15) is 0 Å². The summed E-state index contributed by atoms with van der Waals surface area (Å²) in [7, 11) is 0. The number of tetrazole rings is 1. The summed E-state index contributed by atoms with van der Waals surface area (Å²) in [6, 6.07) is 0. The van der Waals surface area contributed by atoms with E-state index in [4.69, 9.17) is 0 Å². The van der Waals surface area contributed by atoms with Crippen LogP contribution in [0.15, 0.2) is 0 Å². The van der Waals surface area contributed by atoms with E-state index in [1.54, 1.807) is 0 Å². The van der Waals surface area contributed by atoms with Crippen LogP contribution in [0.2, 0.25) is 0 Å². The van der Waals surface area contributed by atoms with Crippen molar-refractivity contribution in [3.8, 4) is 0 Å². The van der Waals surface area contributed by atoms with Gasteiger partial charge in [0, 0.05) is 5.41 Å². The molecule has 0 aliphatic rings. The molecule has 80 valence electrons. The minimum Gasteiger partial charge on any atom is -0.224 e. The number of nitrogens with zero attached hydrogens (tertiary/aromatic N) is 4. The number of rotatable bonds is 2.